The SMILES string of the molecule is c1ccc(-c2ccc(-c3ccc(N(c4ccccc4-c4ccccc4-c4ccccc4-c4ccccc4)c4ccccc4-c4cccc5cccc(C6CCCCC6)c45)cc3)cc2)cc1. The Kier molecular flexibility index (Phi) is 11.2. The zero-order valence-corrected chi connectivity index (χ0v) is 36.7. The molecule has 1 nitrogen and oxygen atoms in total. The lowest BCUT2D eigenvalue weighted by Gasteiger charge is -2.31. The van der Waals surface area contributed by atoms with Gasteiger partial charge in [-0.2, -0.15) is 0 Å². The maximum atomic E-state index is 2.51. The summed E-state index contributed by atoms with van der Waals surface area (Å²) >= 11 is 0. The second-order valence-corrected chi connectivity index (χ2v) is 17.4. The lowest BCUT2D eigenvalue weighted by Crippen LogP contribution is -2.13. The molecule has 312 valence electrons. The van der Waals surface area contributed by atoms with E-state index in [0.29, 0.717) is 5.92 Å². The van der Waals surface area contributed by atoms with Crippen molar-refractivity contribution in [3.8, 4) is 66.8 Å². The van der Waals surface area contributed by atoms with Crippen molar-refractivity contribution < 1.29 is 0 Å². The Morgan fingerprint density at radius 3 is 1.26 bits per heavy atom. The molecule has 0 radical (unpaired) electrons. The molecule has 0 saturated heterocycles. The van der Waals surface area contributed by atoms with E-state index in [4.69, 9.17) is 0 Å². The van der Waals surface area contributed by atoms with E-state index < -0.39 is 0 Å². The molecular weight excluding hydrogens is 783 g/mol. The lowest BCUT2D eigenvalue weighted by molar-refractivity contribution is 0.445. The van der Waals surface area contributed by atoms with Crippen LogP contribution in [0.25, 0.3) is 77.5 Å². The van der Waals surface area contributed by atoms with E-state index in [1.807, 2.05) is 0 Å². The molecule has 10 aromatic carbocycles. The molecule has 10 aromatic rings. The molecule has 0 heterocycles. The number of rotatable bonds is 10. The minimum absolute atomic E-state index is 0.571. The number of hydrogen-bond donors (Lipinski definition) is 0. The van der Waals surface area contributed by atoms with Crippen LogP contribution in [0, 0.1) is 0 Å². The first kappa shape index (κ1) is 40.1. The van der Waals surface area contributed by atoms with Crippen molar-refractivity contribution in [2.24, 2.45) is 0 Å². The van der Waals surface area contributed by atoms with Crippen LogP contribution in [0.1, 0.15) is 43.6 Å². The zero-order chi connectivity index (χ0) is 43.4. The van der Waals surface area contributed by atoms with E-state index >= 15 is 0 Å². The van der Waals surface area contributed by atoms with Gasteiger partial charge in [0.1, 0.15) is 0 Å². The first-order chi connectivity index (χ1) is 32.3. The van der Waals surface area contributed by atoms with Gasteiger partial charge in [-0.3, -0.25) is 0 Å². The summed E-state index contributed by atoms with van der Waals surface area (Å²) in [5.41, 5.74) is 19.4. The van der Waals surface area contributed by atoms with E-state index in [2.05, 4.69) is 248 Å². The molecule has 0 spiro atoms. The summed E-state index contributed by atoms with van der Waals surface area (Å²) in [6.07, 6.45) is 6.44. The Bertz CT molecular complexity index is 3210. The number of hydrogen-bond acceptors (Lipinski definition) is 1. The van der Waals surface area contributed by atoms with E-state index in [1.54, 1.807) is 0 Å². The Hall–Kier alpha value is -7.74. The molecule has 1 saturated carbocycles. The largest absolute Gasteiger partial charge is 0.309 e. The highest BCUT2D eigenvalue weighted by molar-refractivity contribution is 6.05. The van der Waals surface area contributed by atoms with Gasteiger partial charge in [-0.15, -0.1) is 0 Å². The number of nitrogens with zero attached hydrogens (tertiary/aromatic N) is 1. The van der Waals surface area contributed by atoms with Crippen LogP contribution in [0.3, 0.4) is 0 Å². The molecule has 0 amide bonds. The molecule has 0 bridgehead atoms. The highest BCUT2D eigenvalue weighted by atomic mass is 15.1. The van der Waals surface area contributed by atoms with Gasteiger partial charge in [-0.1, -0.05) is 238 Å². The van der Waals surface area contributed by atoms with Gasteiger partial charge < -0.3 is 4.90 Å². The Balaban J connectivity index is 1.10. The number of benzene rings is 10. The second-order valence-electron chi connectivity index (χ2n) is 17.4. The van der Waals surface area contributed by atoms with Crippen molar-refractivity contribution in [2.45, 2.75) is 38.0 Å². The van der Waals surface area contributed by atoms with E-state index in [9.17, 15) is 0 Å². The number of anilines is 3. The smallest absolute Gasteiger partial charge is 0.0540 e. The van der Waals surface area contributed by atoms with Crippen LogP contribution < -0.4 is 4.90 Å². The predicted octanol–water partition coefficient (Wildman–Crippen LogP) is 18.4. The average Bonchev–Trinajstić information content (AvgIpc) is 3.40. The van der Waals surface area contributed by atoms with Crippen LogP contribution >= 0.6 is 0 Å². The maximum absolute atomic E-state index is 2.51. The minimum atomic E-state index is 0.571. The van der Waals surface area contributed by atoms with Crippen LogP contribution in [-0.4, -0.2) is 0 Å². The zero-order valence-electron chi connectivity index (χ0n) is 36.7. The summed E-state index contributed by atoms with van der Waals surface area (Å²) in [6.45, 7) is 0. The molecule has 0 aliphatic heterocycles. The average molecular weight is 834 g/mol. The Morgan fingerprint density at radius 1 is 0.277 bits per heavy atom. The highest BCUT2D eigenvalue weighted by Crippen LogP contribution is 2.49. The standard InChI is InChI=1S/C64H51N/c1-4-20-46(21-5-1)47-38-40-48(41-39-47)49-42-44-53(45-43-49)65(63-37-17-15-33-60(63)61-35-19-27-52-26-18-34-55(64(52)61)51-24-8-3-9-25-51)62-36-16-14-32-59(62)58-31-13-12-30-57(58)56-29-11-10-28-54(56)50-22-6-2-7-23-50/h1-2,4-7,10-23,26-45,51H,3,8-9,24-25H2. The predicted molar refractivity (Wildman–Crippen MR) is 277 cm³/mol. The van der Waals surface area contributed by atoms with Crippen LogP contribution in [0.2, 0.25) is 0 Å². The van der Waals surface area contributed by atoms with E-state index in [0.717, 1.165) is 17.1 Å². The fraction of sp³-hybridized carbons (Fsp3) is 0.0938. The summed E-state index contributed by atoms with van der Waals surface area (Å²) in [7, 11) is 0. The Labute approximate surface area is 384 Å². The molecular formula is C64H51N. The van der Waals surface area contributed by atoms with Gasteiger partial charge in [0.05, 0.1) is 11.4 Å². The third kappa shape index (κ3) is 7.96. The van der Waals surface area contributed by atoms with Crippen molar-refractivity contribution in [3.05, 3.63) is 248 Å². The molecule has 0 aromatic heterocycles. The maximum Gasteiger partial charge on any atom is 0.0540 e. The first-order valence-electron chi connectivity index (χ1n) is 23.3. The topological polar surface area (TPSA) is 3.24 Å². The van der Waals surface area contributed by atoms with Crippen molar-refractivity contribution in [1.82, 2.24) is 0 Å². The molecule has 65 heavy (non-hydrogen) atoms. The summed E-state index contributed by atoms with van der Waals surface area (Å²) in [6, 6.07) is 89.2. The van der Waals surface area contributed by atoms with E-state index in [1.165, 1.54) is 115 Å². The molecule has 1 aliphatic carbocycles. The quantitative estimate of drug-likeness (QED) is 0.133. The van der Waals surface area contributed by atoms with Crippen LogP contribution in [0.15, 0.2) is 243 Å². The fourth-order valence-corrected chi connectivity index (χ4v) is 10.4. The van der Waals surface area contributed by atoms with E-state index in [-0.39, 0.29) is 0 Å². The van der Waals surface area contributed by atoms with Gasteiger partial charge in [0.15, 0.2) is 0 Å². The highest BCUT2D eigenvalue weighted by Gasteiger charge is 2.25. The minimum Gasteiger partial charge on any atom is -0.309 e. The van der Waals surface area contributed by atoms with Gasteiger partial charge in [-0.25, -0.2) is 0 Å². The van der Waals surface area contributed by atoms with Gasteiger partial charge in [0, 0.05) is 16.8 Å². The Morgan fingerprint density at radius 2 is 0.677 bits per heavy atom. The third-order valence-electron chi connectivity index (χ3n) is 13.5. The molecule has 1 heteroatoms. The van der Waals surface area contributed by atoms with Gasteiger partial charge in [-0.05, 0) is 115 Å². The third-order valence-corrected chi connectivity index (χ3v) is 13.5. The molecule has 0 N–H and O–H groups in total. The molecule has 11 rings (SSSR count). The monoisotopic (exact) mass is 833 g/mol. The summed E-state index contributed by atoms with van der Waals surface area (Å²) < 4.78 is 0. The lowest BCUT2D eigenvalue weighted by atomic mass is 9.80. The van der Waals surface area contributed by atoms with Crippen molar-refractivity contribution in [2.75, 3.05) is 4.90 Å². The molecule has 0 atom stereocenters. The van der Waals surface area contributed by atoms with Gasteiger partial charge in [0.25, 0.3) is 0 Å². The van der Waals surface area contributed by atoms with Crippen LogP contribution in [-0.2, 0) is 0 Å². The molecule has 1 aliphatic rings. The summed E-state index contributed by atoms with van der Waals surface area (Å²) in [5, 5.41) is 2.70. The summed E-state index contributed by atoms with van der Waals surface area (Å²) in [5.74, 6) is 0.571. The van der Waals surface area contributed by atoms with Gasteiger partial charge in [0.2, 0.25) is 0 Å². The molecule has 0 unspecified atom stereocenters. The van der Waals surface area contributed by atoms with Crippen molar-refractivity contribution >= 4 is 27.8 Å². The normalized spacial score (nSPS) is 12.9. The number of para-hydroxylation sites is 2. The first-order valence-corrected chi connectivity index (χ1v) is 23.3. The van der Waals surface area contributed by atoms with Gasteiger partial charge >= 0.3 is 0 Å². The summed E-state index contributed by atoms with van der Waals surface area (Å²) in [4.78, 5) is 2.51. The molecule has 1 fully saturated rings. The van der Waals surface area contributed by atoms with Crippen LogP contribution in [0.4, 0.5) is 17.1 Å². The van der Waals surface area contributed by atoms with Crippen LogP contribution in [0.5, 0.6) is 0 Å². The fourth-order valence-electron chi connectivity index (χ4n) is 10.4. The van der Waals surface area contributed by atoms with Crippen molar-refractivity contribution in [3.63, 3.8) is 0 Å². The van der Waals surface area contributed by atoms with Crippen molar-refractivity contribution in [1.29, 1.82) is 0 Å². The number of fused-ring (bicyclic) bond motifs is 1. The second kappa shape index (κ2) is 18.2.